The molecular weight excluding hydrogens is 367 g/mol. The number of carbonyl (C=O) groups excluding carboxylic acids is 1. The summed E-state index contributed by atoms with van der Waals surface area (Å²) in [5, 5.41) is 0. The van der Waals surface area contributed by atoms with Crippen LogP contribution in [0.3, 0.4) is 0 Å². The number of halogens is 9. The molecule has 0 amide bonds. The van der Waals surface area contributed by atoms with Crippen LogP contribution in [0.15, 0.2) is 17.7 Å². The molecule has 0 bridgehead atoms. The van der Waals surface area contributed by atoms with Crippen molar-refractivity contribution in [1.29, 1.82) is 0 Å². The van der Waals surface area contributed by atoms with Crippen molar-refractivity contribution in [3.05, 3.63) is 52.4 Å². The van der Waals surface area contributed by atoms with Crippen molar-refractivity contribution in [2.45, 2.75) is 18.3 Å². The molecule has 0 heterocycles. The van der Waals surface area contributed by atoms with Crippen LogP contribution >= 0.6 is 0 Å². The highest BCUT2D eigenvalue weighted by Gasteiger charge is 2.60. The Balaban J connectivity index is 2.34. The first-order valence-corrected chi connectivity index (χ1v) is 6.70. The van der Waals surface area contributed by atoms with E-state index in [-0.39, 0.29) is 0 Å². The van der Waals surface area contributed by atoms with Gasteiger partial charge in [0.15, 0.2) is 34.9 Å². The summed E-state index contributed by atoms with van der Waals surface area (Å²) in [5.74, 6) is -20.9. The zero-order valence-corrected chi connectivity index (χ0v) is 11.7. The van der Waals surface area contributed by atoms with Crippen LogP contribution in [0.25, 0.3) is 5.57 Å². The van der Waals surface area contributed by atoms with Crippen LogP contribution in [0.1, 0.15) is 12.0 Å². The molecule has 1 aromatic rings. The highest BCUT2D eigenvalue weighted by molar-refractivity contribution is 6.07. The molecule has 2 aliphatic rings. The number of hydrogen-bond acceptors (Lipinski definition) is 1. The van der Waals surface area contributed by atoms with E-state index in [0.29, 0.717) is 6.08 Å². The topological polar surface area (TPSA) is 17.1 Å². The third-order valence-electron chi connectivity index (χ3n) is 4.21. The van der Waals surface area contributed by atoms with Gasteiger partial charge < -0.3 is 0 Å². The quantitative estimate of drug-likeness (QED) is 0.401. The fourth-order valence-corrected chi connectivity index (χ4v) is 2.98. The maximum Gasteiger partial charge on any atom is 0.235 e. The van der Waals surface area contributed by atoms with E-state index < -0.39 is 81.8 Å². The normalized spacial score (nSPS) is 29.2. The lowest BCUT2D eigenvalue weighted by Crippen LogP contribution is -2.43. The minimum Gasteiger partial charge on any atom is -0.287 e. The summed E-state index contributed by atoms with van der Waals surface area (Å²) >= 11 is 0. The maximum absolute atomic E-state index is 14.7. The molecular formula is C15H5F9O. The number of benzene rings is 1. The van der Waals surface area contributed by atoms with Crippen LogP contribution < -0.4 is 0 Å². The number of allylic oxidation sites excluding steroid dienone is 4. The molecule has 10 heteroatoms. The first-order chi connectivity index (χ1) is 11.5. The predicted octanol–water partition coefficient (Wildman–Crippen LogP) is 4.57. The van der Waals surface area contributed by atoms with E-state index in [0.717, 1.165) is 0 Å². The van der Waals surface area contributed by atoms with Gasteiger partial charge in [0.2, 0.25) is 17.3 Å². The van der Waals surface area contributed by atoms with Crippen molar-refractivity contribution in [2.75, 3.05) is 0 Å². The fraction of sp³-hybridized carbons (Fsp3) is 0.267. The molecule has 0 unspecified atom stereocenters. The van der Waals surface area contributed by atoms with Crippen molar-refractivity contribution >= 4 is 11.4 Å². The monoisotopic (exact) mass is 372 g/mol. The van der Waals surface area contributed by atoms with Crippen LogP contribution in [-0.2, 0) is 4.79 Å². The number of alkyl halides is 2. The van der Waals surface area contributed by atoms with Gasteiger partial charge in [-0.2, -0.15) is 0 Å². The Kier molecular flexibility index (Phi) is 3.77. The minimum absolute atomic E-state index is 0.309. The highest BCUT2D eigenvalue weighted by atomic mass is 19.2. The van der Waals surface area contributed by atoms with Crippen molar-refractivity contribution in [1.82, 2.24) is 0 Å². The first-order valence-electron chi connectivity index (χ1n) is 6.70. The van der Waals surface area contributed by atoms with Crippen molar-refractivity contribution in [2.24, 2.45) is 5.92 Å². The summed E-state index contributed by atoms with van der Waals surface area (Å²) in [6.07, 6.45) is -3.56. The number of ketones is 1. The zero-order chi connectivity index (χ0) is 18.8. The molecule has 0 saturated carbocycles. The van der Waals surface area contributed by atoms with Gasteiger partial charge in [0.25, 0.3) is 0 Å². The molecule has 0 spiro atoms. The Hall–Kier alpha value is -2.26. The second kappa shape index (κ2) is 5.37. The van der Waals surface area contributed by atoms with E-state index in [1.807, 2.05) is 0 Å². The van der Waals surface area contributed by atoms with E-state index in [1.54, 1.807) is 0 Å². The second-order valence-electron chi connectivity index (χ2n) is 5.54. The summed E-state index contributed by atoms with van der Waals surface area (Å²) in [6, 6.07) is 0. The van der Waals surface area contributed by atoms with Gasteiger partial charge in [0, 0.05) is 11.5 Å². The lowest BCUT2D eigenvalue weighted by Gasteiger charge is -2.33. The van der Waals surface area contributed by atoms with E-state index in [2.05, 4.69) is 0 Å². The smallest absolute Gasteiger partial charge is 0.235 e. The average molecular weight is 372 g/mol. The third-order valence-corrected chi connectivity index (χ3v) is 4.21. The Morgan fingerprint density at radius 1 is 0.880 bits per heavy atom. The van der Waals surface area contributed by atoms with Crippen LogP contribution in [0.5, 0.6) is 0 Å². The Labute approximate surface area is 133 Å². The summed E-state index contributed by atoms with van der Waals surface area (Å²) < 4.78 is 124. The van der Waals surface area contributed by atoms with Gasteiger partial charge in [0.1, 0.15) is 6.17 Å². The molecule has 0 saturated heterocycles. The van der Waals surface area contributed by atoms with Gasteiger partial charge >= 0.3 is 0 Å². The molecule has 0 aromatic heterocycles. The van der Waals surface area contributed by atoms with Crippen LogP contribution in [0.4, 0.5) is 39.5 Å². The highest BCUT2D eigenvalue weighted by Crippen LogP contribution is 2.52. The number of rotatable bonds is 1. The second-order valence-corrected chi connectivity index (χ2v) is 5.54. The molecule has 0 N–H and O–H groups in total. The lowest BCUT2D eigenvalue weighted by molar-refractivity contribution is -0.127. The predicted molar refractivity (Wildman–Crippen MR) is 65.3 cm³/mol. The van der Waals surface area contributed by atoms with Gasteiger partial charge in [-0.25, -0.2) is 39.5 Å². The molecule has 1 aromatic carbocycles. The Morgan fingerprint density at radius 3 is 1.88 bits per heavy atom. The summed E-state index contributed by atoms with van der Waals surface area (Å²) in [7, 11) is 0. The number of Topliss-reactive ketones (excluding diaryl/α,β-unsaturated/α-hetero) is 1. The summed E-state index contributed by atoms with van der Waals surface area (Å²) in [4.78, 5) is 11.5. The van der Waals surface area contributed by atoms with Gasteiger partial charge in [-0.05, 0) is 12.5 Å². The average Bonchev–Trinajstić information content (AvgIpc) is 2.79. The Morgan fingerprint density at radius 2 is 1.36 bits per heavy atom. The minimum atomic E-state index is -3.80. The summed E-state index contributed by atoms with van der Waals surface area (Å²) in [5.41, 5.74) is -7.68. The number of fused-ring (bicyclic) bond motifs is 1. The molecule has 3 rings (SSSR count). The third kappa shape index (κ3) is 2.09. The number of carbonyl (C=O) groups is 1. The maximum atomic E-state index is 14.7. The first kappa shape index (κ1) is 17.6. The summed E-state index contributed by atoms with van der Waals surface area (Å²) in [6.45, 7) is 0. The molecule has 0 radical (unpaired) electrons. The zero-order valence-electron chi connectivity index (χ0n) is 11.7. The van der Waals surface area contributed by atoms with E-state index >= 15 is 0 Å². The van der Waals surface area contributed by atoms with Gasteiger partial charge in [0.05, 0.1) is 5.56 Å². The molecule has 1 nitrogen and oxygen atoms in total. The fourth-order valence-electron chi connectivity index (χ4n) is 2.98. The van der Waals surface area contributed by atoms with Crippen LogP contribution in [-0.4, -0.2) is 17.6 Å². The van der Waals surface area contributed by atoms with E-state index in [9.17, 15) is 44.3 Å². The standard InChI is InChI=1S/C15H5F9O/c16-4-1-3-2-5(17)14(25)15(3,24)13(23)6(4)7-8(18)10(20)12(22)11(21)9(7)19/h2-4H,1H2/t3-,4+,15-/m1/s1. The Bertz CT molecular complexity index is 843. The lowest BCUT2D eigenvalue weighted by atomic mass is 9.76. The van der Waals surface area contributed by atoms with Crippen molar-refractivity contribution in [3.63, 3.8) is 0 Å². The van der Waals surface area contributed by atoms with E-state index in [4.69, 9.17) is 0 Å². The molecule has 3 atom stereocenters. The molecule has 2 aliphatic carbocycles. The van der Waals surface area contributed by atoms with Gasteiger partial charge in [-0.1, -0.05) is 0 Å². The molecule has 0 aliphatic heterocycles. The molecule has 134 valence electrons. The van der Waals surface area contributed by atoms with Gasteiger partial charge in [-0.3, -0.25) is 4.79 Å². The SMILES string of the molecule is O=C1C(F)=C[C@H]2C[C@H](F)C(c3c(F)c(F)c(F)c(F)c3F)=C(F)[C@@]12F. The molecule has 0 fully saturated rings. The molecule has 25 heavy (non-hydrogen) atoms. The van der Waals surface area contributed by atoms with Crippen LogP contribution in [0, 0.1) is 35.0 Å². The van der Waals surface area contributed by atoms with Crippen molar-refractivity contribution < 1.29 is 44.3 Å². The van der Waals surface area contributed by atoms with Gasteiger partial charge in [-0.15, -0.1) is 0 Å². The largest absolute Gasteiger partial charge is 0.287 e. The number of hydrogen-bond donors (Lipinski definition) is 0. The van der Waals surface area contributed by atoms with E-state index in [1.165, 1.54) is 0 Å². The van der Waals surface area contributed by atoms with Crippen LogP contribution in [0.2, 0.25) is 0 Å². The van der Waals surface area contributed by atoms with Crippen molar-refractivity contribution in [3.8, 4) is 0 Å².